The van der Waals surface area contributed by atoms with E-state index in [1.807, 2.05) is 15.9 Å². The quantitative estimate of drug-likeness (QED) is 0.836. The molecule has 2 aliphatic heterocycles. The minimum atomic E-state index is -3.69. The number of hydrogen-bond donors (Lipinski definition) is 1. The molecule has 0 unspecified atom stereocenters. The number of primary sulfonamides is 1. The summed E-state index contributed by atoms with van der Waals surface area (Å²) in [5.74, 6) is 0. The number of hydrogen-bond acceptors (Lipinski definition) is 3. The van der Waals surface area contributed by atoms with Gasteiger partial charge in [0.2, 0.25) is 10.0 Å². The molecule has 6 nitrogen and oxygen atoms in total. The molecule has 0 atom stereocenters. The topological polar surface area (TPSA) is 83.7 Å². The average molecular weight is 351 g/mol. The molecule has 132 valence electrons. The highest BCUT2D eigenvalue weighted by molar-refractivity contribution is 7.89. The molecule has 0 aromatic heterocycles. The predicted octanol–water partition coefficient (Wildman–Crippen LogP) is 1.73. The number of sulfonamides is 1. The van der Waals surface area contributed by atoms with Gasteiger partial charge in [-0.25, -0.2) is 18.4 Å². The Morgan fingerprint density at radius 3 is 2.08 bits per heavy atom. The number of benzene rings is 1. The summed E-state index contributed by atoms with van der Waals surface area (Å²) in [6.07, 6.45) is 5.98. The Morgan fingerprint density at radius 2 is 1.46 bits per heavy atom. The zero-order chi connectivity index (χ0) is 17.2. The number of rotatable bonds is 1. The summed E-state index contributed by atoms with van der Waals surface area (Å²) in [4.78, 5) is 16.8. The molecular weight excluding hydrogens is 326 g/mol. The summed E-state index contributed by atoms with van der Waals surface area (Å²) in [7, 11) is -3.69. The predicted molar refractivity (Wildman–Crippen MR) is 92.2 cm³/mol. The summed E-state index contributed by atoms with van der Waals surface area (Å²) >= 11 is 0. The highest BCUT2D eigenvalue weighted by Crippen LogP contribution is 2.21. The molecule has 0 bridgehead atoms. The van der Waals surface area contributed by atoms with Crippen LogP contribution in [0.2, 0.25) is 0 Å². The van der Waals surface area contributed by atoms with E-state index in [-0.39, 0.29) is 10.9 Å². The molecule has 1 aromatic carbocycles. The van der Waals surface area contributed by atoms with Crippen molar-refractivity contribution in [1.29, 1.82) is 0 Å². The number of amides is 2. The molecule has 1 saturated heterocycles. The lowest BCUT2D eigenvalue weighted by atomic mass is 10.0. The van der Waals surface area contributed by atoms with Crippen LogP contribution in [0, 0.1) is 0 Å². The number of carbonyl (C=O) groups is 1. The molecule has 0 saturated carbocycles. The summed E-state index contributed by atoms with van der Waals surface area (Å²) in [6, 6.07) is 5.16. The Bertz CT molecular complexity index is 710. The Morgan fingerprint density at radius 1 is 0.875 bits per heavy atom. The monoisotopic (exact) mass is 351 g/mol. The van der Waals surface area contributed by atoms with Crippen molar-refractivity contribution in [2.45, 2.75) is 43.4 Å². The maximum atomic E-state index is 12.8. The molecule has 0 aliphatic carbocycles. The third-order valence-electron chi connectivity index (χ3n) is 4.96. The summed E-state index contributed by atoms with van der Waals surface area (Å²) in [5.41, 5.74) is 2.08. The Balaban J connectivity index is 1.72. The van der Waals surface area contributed by atoms with Gasteiger partial charge in [-0.3, -0.25) is 0 Å². The van der Waals surface area contributed by atoms with Gasteiger partial charge in [-0.2, -0.15) is 0 Å². The number of urea groups is 1. The second-order valence-electron chi connectivity index (χ2n) is 6.65. The van der Waals surface area contributed by atoms with Gasteiger partial charge in [0.05, 0.1) is 4.90 Å². The molecule has 1 aromatic rings. The highest BCUT2D eigenvalue weighted by atomic mass is 32.2. The molecule has 1 fully saturated rings. The zero-order valence-electron chi connectivity index (χ0n) is 13.9. The van der Waals surface area contributed by atoms with Gasteiger partial charge >= 0.3 is 6.03 Å². The average Bonchev–Trinajstić information content (AvgIpc) is 2.94. The number of nitrogens with two attached hydrogens (primary N) is 1. The lowest BCUT2D eigenvalue weighted by Crippen LogP contribution is -2.44. The molecular formula is C17H25N3O3S. The van der Waals surface area contributed by atoms with Crippen LogP contribution < -0.4 is 5.14 Å². The van der Waals surface area contributed by atoms with Crippen LogP contribution in [0.4, 0.5) is 4.79 Å². The molecule has 2 amide bonds. The van der Waals surface area contributed by atoms with E-state index in [1.54, 1.807) is 12.1 Å². The minimum absolute atomic E-state index is 0.122. The van der Waals surface area contributed by atoms with Gasteiger partial charge in [0.1, 0.15) is 0 Å². The van der Waals surface area contributed by atoms with Gasteiger partial charge in [0.25, 0.3) is 0 Å². The van der Waals surface area contributed by atoms with Crippen LogP contribution in [0.1, 0.15) is 36.8 Å². The molecule has 24 heavy (non-hydrogen) atoms. The van der Waals surface area contributed by atoms with Gasteiger partial charge in [-0.1, -0.05) is 18.9 Å². The van der Waals surface area contributed by atoms with Crippen LogP contribution >= 0.6 is 0 Å². The van der Waals surface area contributed by atoms with E-state index in [0.717, 1.165) is 43.5 Å². The van der Waals surface area contributed by atoms with E-state index < -0.39 is 10.0 Å². The van der Waals surface area contributed by atoms with Gasteiger partial charge in [-0.15, -0.1) is 0 Å². The molecule has 2 N–H and O–H groups in total. The van der Waals surface area contributed by atoms with Gasteiger partial charge in [-0.05, 0) is 48.9 Å². The second kappa shape index (κ2) is 7.11. The van der Waals surface area contributed by atoms with Crippen LogP contribution in [0.25, 0.3) is 0 Å². The SMILES string of the molecule is NS(=O)(=O)c1ccc2c(c1)CCN(C(=O)N1CCCCCC1)CC2. The van der Waals surface area contributed by atoms with E-state index in [9.17, 15) is 13.2 Å². The first kappa shape index (κ1) is 17.2. The first-order valence-electron chi connectivity index (χ1n) is 8.63. The van der Waals surface area contributed by atoms with E-state index in [0.29, 0.717) is 19.5 Å². The van der Waals surface area contributed by atoms with Crippen LogP contribution in [0.5, 0.6) is 0 Å². The Labute approximate surface area is 143 Å². The van der Waals surface area contributed by atoms with Crippen molar-refractivity contribution in [3.63, 3.8) is 0 Å². The van der Waals surface area contributed by atoms with E-state index in [1.165, 1.54) is 12.8 Å². The molecule has 3 rings (SSSR count). The molecule has 2 heterocycles. The first-order chi connectivity index (χ1) is 11.4. The van der Waals surface area contributed by atoms with Crippen molar-refractivity contribution in [3.05, 3.63) is 29.3 Å². The van der Waals surface area contributed by atoms with Crippen molar-refractivity contribution in [2.75, 3.05) is 26.2 Å². The van der Waals surface area contributed by atoms with Crippen molar-refractivity contribution < 1.29 is 13.2 Å². The molecule has 0 radical (unpaired) electrons. The third-order valence-corrected chi connectivity index (χ3v) is 5.87. The summed E-state index contributed by atoms with van der Waals surface area (Å²) in [5, 5.41) is 5.22. The van der Waals surface area contributed by atoms with Gasteiger partial charge < -0.3 is 9.80 Å². The lowest BCUT2D eigenvalue weighted by molar-refractivity contribution is 0.156. The van der Waals surface area contributed by atoms with Crippen LogP contribution in [-0.2, 0) is 22.9 Å². The Kier molecular flexibility index (Phi) is 5.10. The lowest BCUT2D eigenvalue weighted by Gasteiger charge is -2.29. The molecule has 2 aliphatic rings. The van der Waals surface area contributed by atoms with E-state index >= 15 is 0 Å². The summed E-state index contributed by atoms with van der Waals surface area (Å²) < 4.78 is 23.0. The van der Waals surface area contributed by atoms with Crippen molar-refractivity contribution >= 4 is 16.1 Å². The Hall–Kier alpha value is -1.60. The van der Waals surface area contributed by atoms with Crippen molar-refractivity contribution in [2.24, 2.45) is 5.14 Å². The van der Waals surface area contributed by atoms with E-state index in [4.69, 9.17) is 5.14 Å². The summed E-state index contributed by atoms with van der Waals surface area (Å²) in [6.45, 7) is 2.99. The number of likely N-dealkylation sites (tertiary alicyclic amines) is 1. The minimum Gasteiger partial charge on any atom is -0.325 e. The fourth-order valence-electron chi connectivity index (χ4n) is 3.53. The normalized spacial score (nSPS) is 19.4. The maximum Gasteiger partial charge on any atom is 0.320 e. The highest BCUT2D eigenvalue weighted by Gasteiger charge is 2.24. The standard InChI is InChI=1S/C17H25N3O3S/c18-24(22,23)16-6-5-14-7-11-20(12-8-15(14)13-16)17(21)19-9-3-1-2-4-10-19/h5-6,13H,1-4,7-12H2,(H2,18,22,23). The molecule has 0 spiro atoms. The smallest absolute Gasteiger partial charge is 0.320 e. The van der Waals surface area contributed by atoms with Gasteiger partial charge in [0, 0.05) is 26.2 Å². The largest absolute Gasteiger partial charge is 0.325 e. The molecule has 7 heteroatoms. The zero-order valence-corrected chi connectivity index (χ0v) is 14.7. The number of carbonyl (C=O) groups excluding carboxylic acids is 1. The second-order valence-corrected chi connectivity index (χ2v) is 8.21. The van der Waals surface area contributed by atoms with Crippen molar-refractivity contribution in [1.82, 2.24) is 9.80 Å². The fraction of sp³-hybridized carbons (Fsp3) is 0.588. The van der Waals surface area contributed by atoms with E-state index in [2.05, 4.69) is 0 Å². The van der Waals surface area contributed by atoms with Crippen LogP contribution in [0.3, 0.4) is 0 Å². The number of nitrogens with zero attached hydrogens (tertiary/aromatic N) is 2. The van der Waals surface area contributed by atoms with Crippen LogP contribution in [0.15, 0.2) is 23.1 Å². The number of fused-ring (bicyclic) bond motifs is 1. The fourth-order valence-corrected chi connectivity index (χ4v) is 4.10. The maximum absolute atomic E-state index is 12.8. The first-order valence-corrected chi connectivity index (χ1v) is 10.2. The van der Waals surface area contributed by atoms with Crippen LogP contribution in [-0.4, -0.2) is 50.4 Å². The van der Waals surface area contributed by atoms with Crippen molar-refractivity contribution in [3.8, 4) is 0 Å². The van der Waals surface area contributed by atoms with Gasteiger partial charge in [0.15, 0.2) is 0 Å². The third kappa shape index (κ3) is 3.89.